The molecule has 2 aliphatic rings. The Bertz CT molecular complexity index is 496. The van der Waals surface area contributed by atoms with Crippen molar-refractivity contribution >= 4 is 0 Å². The third-order valence-electron chi connectivity index (χ3n) is 5.42. The van der Waals surface area contributed by atoms with Crippen LogP contribution in [0.1, 0.15) is 31.8 Å². The van der Waals surface area contributed by atoms with Crippen molar-refractivity contribution in [3.05, 3.63) is 23.7 Å². The smallest absolute Gasteiger partial charge is 0.118 e. The van der Waals surface area contributed by atoms with E-state index in [9.17, 15) is 0 Å². The molecule has 4 nitrogen and oxygen atoms in total. The van der Waals surface area contributed by atoms with E-state index in [1.807, 2.05) is 19.1 Å². The quantitative estimate of drug-likeness (QED) is 0.917. The second kappa shape index (κ2) is 4.58. The molecular weight excluding hydrogens is 252 g/mol. The Hall–Kier alpha value is -0.840. The number of aryl methyl sites for hydroxylation is 1. The maximum Gasteiger partial charge on any atom is 0.118 e. The largest absolute Gasteiger partial charge is 0.465 e. The molecule has 0 aromatic carbocycles. The van der Waals surface area contributed by atoms with Gasteiger partial charge in [0.25, 0.3) is 0 Å². The van der Waals surface area contributed by atoms with Crippen LogP contribution < -0.4 is 5.73 Å². The molecule has 1 aliphatic heterocycles. The topological polar surface area (TPSA) is 51.6 Å². The van der Waals surface area contributed by atoms with Crippen molar-refractivity contribution in [3.8, 4) is 0 Å². The standard InChI is InChI=1S/C16H26N2O2/c1-11-5-6-12(20-11)9-18(4)10-16(17)13-7-8-19-14(13)15(16,2)3/h5-6,13-14H,7-10,17H2,1-4H3. The summed E-state index contributed by atoms with van der Waals surface area (Å²) in [6, 6.07) is 4.05. The number of rotatable bonds is 4. The molecule has 0 spiro atoms. The van der Waals surface area contributed by atoms with Crippen molar-refractivity contribution in [3.63, 3.8) is 0 Å². The van der Waals surface area contributed by atoms with Crippen molar-refractivity contribution in [2.24, 2.45) is 17.1 Å². The number of hydrogen-bond donors (Lipinski definition) is 1. The maximum atomic E-state index is 6.77. The molecule has 112 valence electrons. The Labute approximate surface area is 121 Å². The van der Waals surface area contributed by atoms with Gasteiger partial charge in [-0.15, -0.1) is 0 Å². The highest BCUT2D eigenvalue weighted by atomic mass is 16.5. The van der Waals surface area contributed by atoms with Gasteiger partial charge in [-0.2, -0.15) is 0 Å². The van der Waals surface area contributed by atoms with Gasteiger partial charge in [-0.1, -0.05) is 13.8 Å². The molecule has 0 radical (unpaired) electrons. The lowest BCUT2D eigenvalue weighted by Crippen LogP contribution is -2.77. The molecule has 2 heterocycles. The number of hydrogen-bond acceptors (Lipinski definition) is 4. The summed E-state index contributed by atoms with van der Waals surface area (Å²) in [6.45, 7) is 9.00. The van der Waals surface area contributed by atoms with Gasteiger partial charge in [0.2, 0.25) is 0 Å². The van der Waals surface area contributed by atoms with Crippen LogP contribution in [0, 0.1) is 18.3 Å². The van der Waals surface area contributed by atoms with E-state index in [0.29, 0.717) is 12.0 Å². The van der Waals surface area contributed by atoms with Crippen LogP contribution in [0.4, 0.5) is 0 Å². The molecule has 2 N–H and O–H groups in total. The monoisotopic (exact) mass is 278 g/mol. The highest BCUT2D eigenvalue weighted by molar-refractivity contribution is 5.21. The molecule has 2 fully saturated rings. The Morgan fingerprint density at radius 1 is 1.40 bits per heavy atom. The summed E-state index contributed by atoms with van der Waals surface area (Å²) in [6.07, 6.45) is 1.44. The fraction of sp³-hybridized carbons (Fsp3) is 0.750. The molecule has 1 saturated heterocycles. The lowest BCUT2D eigenvalue weighted by atomic mass is 9.48. The van der Waals surface area contributed by atoms with Crippen LogP contribution in [-0.2, 0) is 11.3 Å². The van der Waals surface area contributed by atoms with Crippen molar-refractivity contribution in [2.75, 3.05) is 20.2 Å². The van der Waals surface area contributed by atoms with Gasteiger partial charge in [-0.3, -0.25) is 4.90 Å². The molecule has 0 amide bonds. The van der Waals surface area contributed by atoms with E-state index < -0.39 is 0 Å². The lowest BCUT2D eigenvalue weighted by molar-refractivity contribution is -0.162. The normalized spacial score (nSPS) is 35.1. The number of likely N-dealkylation sites (N-methyl/N-ethyl adjacent to an activating group) is 1. The zero-order valence-corrected chi connectivity index (χ0v) is 13.0. The van der Waals surface area contributed by atoms with Gasteiger partial charge < -0.3 is 14.9 Å². The average molecular weight is 278 g/mol. The average Bonchev–Trinajstić information content (AvgIpc) is 2.97. The number of ether oxygens (including phenoxy) is 1. The molecule has 1 aromatic heterocycles. The minimum atomic E-state index is -0.162. The fourth-order valence-electron chi connectivity index (χ4n) is 4.13. The minimum absolute atomic E-state index is 0.0432. The van der Waals surface area contributed by atoms with Crippen LogP contribution in [0.15, 0.2) is 16.5 Å². The van der Waals surface area contributed by atoms with Crippen LogP contribution in [0.5, 0.6) is 0 Å². The lowest BCUT2D eigenvalue weighted by Gasteiger charge is -2.63. The third kappa shape index (κ3) is 1.93. The van der Waals surface area contributed by atoms with Gasteiger partial charge in [0, 0.05) is 30.0 Å². The Kier molecular flexibility index (Phi) is 3.23. The molecule has 3 unspecified atom stereocenters. The second-order valence-electron chi connectivity index (χ2n) is 7.13. The predicted molar refractivity (Wildman–Crippen MR) is 78.3 cm³/mol. The van der Waals surface area contributed by atoms with Crippen molar-refractivity contribution in [1.29, 1.82) is 0 Å². The van der Waals surface area contributed by atoms with Gasteiger partial charge in [-0.25, -0.2) is 0 Å². The number of furan rings is 1. The number of nitrogens with zero attached hydrogens (tertiary/aromatic N) is 1. The molecule has 1 aromatic rings. The molecule has 3 rings (SSSR count). The van der Waals surface area contributed by atoms with Gasteiger partial charge in [0.1, 0.15) is 11.5 Å². The van der Waals surface area contributed by atoms with E-state index in [0.717, 1.165) is 37.6 Å². The molecule has 0 bridgehead atoms. The highest BCUT2D eigenvalue weighted by Crippen LogP contribution is 2.58. The summed E-state index contributed by atoms with van der Waals surface area (Å²) in [4.78, 5) is 2.27. The molecule has 4 heteroatoms. The van der Waals surface area contributed by atoms with E-state index in [2.05, 4.69) is 25.8 Å². The Balaban J connectivity index is 1.67. The summed E-state index contributed by atoms with van der Waals surface area (Å²) in [5, 5.41) is 0. The van der Waals surface area contributed by atoms with Crippen molar-refractivity contribution in [1.82, 2.24) is 4.90 Å². The third-order valence-corrected chi connectivity index (χ3v) is 5.42. The van der Waals surface area contributed by atoms with E-state index in [1.165, 1.54) is 0 Å². The van der Waals surface area contributed by atoms with E-state index in [4.69, 9.17) is 14.9 Å². The maximum absolute atomic E-state index is 6.77. The Morgan fingerprint density at radius 2 is 2.15 bits per heavy atom. The molecule has 1 aliphatic carbocycles. The first-order valence-corrected chi connectivity index (χ1v) is 7.49. The SMILES string of the molecule is Cc1ccc(CN(C)CC2(N)C3CCOC3C2(C)C)o1. The van der Waals surface area contributed by atoms with Crippen LogP contribution in [0.3, 0.4) is 0 Å². The van der Waals surface area contributed by atoms with Crippen LogP contribution >= 0.6 is 0 Å². The van der Waals surface area contributed by atoms with Gasteiger partial charge in [-0.05, 0) is 32.5 Å². The first kappa shape index (κ1) is 14.1. The van der Waals surface area contributed by atoms with Gasteiger partial charge >= 0.3 is 0 Å². The molecular formula is C16H26N2O2. The fourth-order valence-corrected chi connectivity index (χ4v) is 4.13. The van der Waals surface area contributed by atoms with Gasteiger partial charge in [0.15, 0.2) is 0 Å². The summed E-state index contributed by atoms with van der Waals surface area (Å²) in [7, 11) is 2.12. The summed E-state index contributed by atoms with van der Waals surface area (Å²) in [5.41, 5.74) is 6.65. The first-order chi connectivity index (χ1) is 9.34. The zero-order chi connectivity index (χ0) is 14.5. The summed E-state index contributed by atoms with van der Waals surface area (Å²) >= 11 is 0. The Morgan fingerprint density at radius 3 is 2.80 bits per heavy atom. The first-order valence-electron chi connectivity index (χ1n) is 7.49. The van der Waals surface area contributed by atoms with E-state index >= 15 is 0 Å². The van der Waals surface area contributed by atoms with E-state index in [-0.39, 0.29) is 11.0 Å². The van der Waals surface area contributed by atoms with E-state index in [1.54, 1.807) is 0 Å². The molecule has 20 heavy (non-hydrogen) atoms. The van der Waals surface area contributed by atoms with Crippen LogP contribution in [0.2, 0.25) is 0 Å². The molecule has 3 atom stereocenters. The predicted octanol–water partition coefficient (Wildman–Crippen LogP) is 2.16. The second-order valence-corrected chi connectivity index (χ2v) is 7.13. The highest BCUT2D eigenvalue weighted by Gasteiger charge is 2.67. The van der Waals surface area contributed by atoms with Crippen molar-refractivity contribution < 1.29 is 9.15 Å². The number of nitrogens with two attached hydrogens (primary N) is 1. The summed E-state index contributed by atoms with van der Waals surface area (Å²) < 4.78 is 11.5. The molecule has 1 saturated carbocycles. The summed E-state index contributed by atoms with van der Waals surface area (Å²) in [5.74, 6) is 2.47. The van der Waals surface area contributed by atoms with Crippen molar-refractivity contribution in [2.45, 2.75) is 45.4 Å². The van der Waals surface area contributed by atoms with Gasteiger partial charge in [0.05, 0.1) is 12.6 Å². The number of fused-ring (bicyclic) bond motifs is 1. The zero-order valence-electron chi connectivity index (χ0n) is 13.0. The van der Waals surface area contributed by atoms with Crippen LogP contribution in [0.25, 0.3) is 0 Å². The van der Waals surface area contributed by atoms with Crippen LogP contribution in [-0.4, -0.2) is 36.7 Å². The minimum Gasteiger partial charge on any atom is -0.465 e.